The average molecular weight is 666 g/mol. The van der Waals surface area contributed by atoms with E-state index < -0.39 is 26.8 Å². The molecule has 0 aliphatic heterocycles. The van der Waals surface area contributed by atoms with E-state index in [0.29, 0.717) is 43.9 Å². The summed E-state index contributed by atoms with van der Waals surface area (Å²) in [6, 6.07) is 3.20. The molecule has 0 amide bonds. The van der Waals surface area contributed by atoms with Crippen LogP contribution < -0.4 is 9.47 Å². The molecular weight excluding hydrogens is 617 g/mol. The fourth-order valence-electron chi connectivity index (χ4n) is 4.48. The van der Waals surface area contributed by atoms with Crippen LogP contribution in [0.25, 0.3) is 6.08 Å². The van der Waals surface area contributed by atoms with Crippen LogP contribution in [-0.2, 0) is 14.3 Å². The topological polar surface area (TPSA) is 74.7 Å². The summed E-state index contributed by atoms with van der Waals surface area (Å²) in [6.07, 6.45) is 13.4. The van der Waals surface area contributed by atoms with Gasteiger partial charge in [0.25, 0.3) is 10.2 Å². The Bertz CT molecular complexity index is 1260. The molecule has 1 aromatic rings. The fourth-order valence-corrected chi connectivity index (χ4v) is 5.20. The molecule has 0 aromatic carbocycles. The Morgan fingerprint density at radius 2 is 1.56 bits per heavy atom. The Balaban J connectivity index is 1.73. The molecule has 0 saturated heterocycles. The highest BCUT2D eigenvalue weighted by atomic mass is 32.5. The van der Waals surface area contributed by atoms with Gasteiger partial charge in [0.1, 0.15) is 4.75 Å². The number of esters is 1. The maximum Gasteiger partial charge on any atom is 0.311 e. The summed E-state index contributed by atoms with van der Waals surface area (Å²) in [5, 5.41) is 0. The van der Waals surface area contributed by atoms with Crippen molar-refractivity contribution in [2.24, 2.45) is 5.41 Å². The lowest BCUT2D eigenvalue weighted by Gasteiger charge is -2.53. The Hall–Kier alpha value is -2.89. The molecule has 1 atom stereocenters. The summed E-state index contributed by atoms with van der Waals surface area (Å²) in [4.78, 5) is 28.0. The third-order valence-electron chi connectivity index (χ3n) is 8.26. The molecule has 0 saturated carbocycles. The number of unbranched alkanes of at least 4 members (excludes halogenated alkanes) is 8. The molecule has 45 heavy (non-hydrogen) atoms. The van der Waals surface area contributed by atoms with Crippen LogP contribution in [0.15, 0.2) is 41.5 Å². The normalized spacial score (nSPS) is 18.9. The monoisotopic (exact) mass is 665 g/mol. The first-order chi connectivity index (χ1) is 20.9. The van der Waals surface area contributed by atoms with Crippen molar-refractivity contribution < 1.29 is 43.2 Å². The summed E-state index contributed by atoms with van der Waals surface area (Å²) in [7, 11) is -8.42. The molecule has 1 unspecified atom stereocenters. The van der Waals surface area contributed by atoms with E-state index in [2.05, 4.69) is 4.98 Å². The van der Waals surface area contributed by atoms with Crippen molar-refractivity contribution in [2.75, 3.05) is 20.3 Å². The van der Waals surface area contributed by atoms with Crippen LogP contribution in [-0.4, -0.2) is 42.3 Å². The van der Waals surface area contributed by atoms with E-state index in [4.69, 9.17) is 14.2 Å². The van der Waals surface area contributed by atoms with E-state index in [1.54, 1.807) is 12.1 Å². The number of rotatable bonds is 20. The zero-order chi connectivity index (χ0) is 33.8. The summed E-state index contributed by atoms with van der Waals surface area (Å²) in [6.45, 7) is 7.18. The smallest absolute Gasteiger partial charge is 0.311 e. The van der Waals surface area contributed by atoms with Gasteiger partial charge in [0.05, 0.1) is 25.7 Å². The second-order valence-corrected chi connectivity index (χ2v) is 15.2. The Morgan fingerprint density at radius 3 is 2.04 bits per heavy atom. The predicted molar refractivity (Wildman–Crippen MR) is 170 cm³/mol. The van der Waals surface area contributed by atoms with E-state index in [1.807, 2.05) is 20.8 Å². The number of nitrogens with zero attached hydrogens (tertiary/aromatic N) is 1. The number of carbonyl (C=O) groups is 2. The molecule has 2 rings (SSSR count). The van der Waals surface area contributed by atoms with Gasteiger partial charge in [-0.25, -0.2) is 0 Å². The molecule has 1 aromatic heterocycles. The zero-order valence-electron chi connectivity index (χ0n) is 27.0. The molecule has 0 fully saturated rings. The van der Waals surface area contributed by atoms with Crippen molar-refractivity contribution in [1.82, 2.24) is 4.98 Å². The summed E-state index contributed by atoms with van der Waals surface area (Å²) < 4.78 is 80.4. The first kappa shape index (κ1) is 38.3. The van der Waals surface area contributed by atoms with Crippen LogP contribution in [0.4, 0.5) is 19.4 Å². The lowest BCUT2D eigenvalue weighted by Crippen LogP contribution is -2.37. The van der Waals surface area contributed by atoms with Gasteiger partial charge in [-0.3, -0.25) is 9.59 Å². The van der Waals surface area contributed by atoms with E-state index in [1.165, 1.54) is 13.2 Å². The second-order valence-electron chi connectivity index (χ2n) is 12.3. The molecule has 0 N–H and O–H groups in total. The van der Waals surface area contributed by atoms with E-state index in [9.17, 15) is 29.0 Å². The minimum atomic E-state index is -9.80. The number of carbonyl (C=O) groups excluding carboxylic acids is 2. The van der Waals surface area contributed by atoms with Crippen LogP contribution in [0.5, 0.6) is 11.8 Å². The standard InChI is InChI=1S/C33H48F5NO5S/c1-6-32(2,3)31(41)44-23-15-13-11-9-7-8-10-12-14-22-43-29-17-16-27(30(39-29)42-5)24-28(25-40)26-18-20-33(4,21-19-26)45(34,35,36,37)38/h16-20,24-25H,6-15,21-23H2,1-5H3/b28-24+. The third kappa shape index (κ3) is 11.4. The minimum Gasteiger partial charge on any atom is -0.480 e. The quantitative estimate of drug-likeness (QED) is 0.0454. The minimum absolute atomic E-state index is 0.00117. The summed E-state index contributed by atoms with van der Waals surface area (Å²) in [5.74, 6) is 0.342. The highest BCUT2D eigenvalue weighted by Gasteiger charge is 2.75. The zero-order valence-corrected chi connectivity index (χ0v) is 27.8. The fraction of sp³-hybridized carbons (Fsp3) is 0.606. The number of methoxy groups -OCH3 is 1. The number of pyridine rings is 1. The first-order valence-corrected chi connectivity index (χ1v) is 17.5. The predicted octanol–water partition coefficient (Wildman–Crippen LogP) is 10.5. The van der Waals surface area contributed by atoms with Gasteiger partial charge in [-0.05, 0) is 64.2 Å². The molecule has 0 spiro atoms. The maximum absolute atomic E-state index is 13.5. The van der Waals surface area contributed by atoms with Crippen LogP contribution >= 0.6 is 10.2 Å². The molecule has 1 heterocycles. The third-order valence-corrected chi connectivity index (χ3v) is 10.3. The molecular formula is C33H48F5NO5S. The molecule has 6 nitrogen and oxygen atoms in total. The molecule has 1 aliphatic carbocycles. The van der Waals surface area contributed by atoms with E-state index >= 15 is 0 Å². The lowest BCUT2D eigenvalue weighted by molar-refractivity contribution is -0.154. The summed E-state index contributed by atoms with van der Waals surface area (Å²) >= 11 is 0. The van der Waals surface area contributed by atoms with Gasteiger partial charge in [0.15, 0.2) is 6.29 Å². The molecule has 1 aliphatic rings. The summed E-state index contributed by atoms with van der Waals surface area (Å²) in [5.41, 5.74) is 0.0599. The van der Waals surface area contributed by atoms with Crippen molar-refractivity contribution >= 4 is 28.6 Å². The van der Waals surface area contributed by atoms with Crippen molar-refractivity contribution in [3.05, 3.63) is 47.1 Å². The van der Waals surface area contributed by atoms with Crippen molar-refractivity contribution in [1.29, 1.82) is 0 Å². The van der Waals surface area contributed by atoms with Gasteiger partial charge in [-0.15, -0.1) is 0 Å². The Morgan fingerprint density at radius 1 is 0.978 bits per heavy atom. The highest BCUT2D eigenvalue weighted by Crippen LogP contribution is 3.04. The molecule has 0 bridgehead atoms. The molecule has 0 radical (unpaired) electrons. The number of hydrogen-bond acceptors (Lipinski definition) is 6. The van der Waals surface area contributed by atoms with E-state index in [-0.39, 0.29) is 23.0 Å². The van der Waals surface area contributed by atoms with Gasteiger partial charge in [-0.2, -0.15) is 4.98 Å². The Kier molecular flexibility index (Phi) is 12.9. The van der Waals surface area contributed by atoms with Crippen molar-refractivity contribution in [2.45, 2.75) is 103 Å². The van der Waals surface area contributed by atoms with Gasteiger partial charge < -0.3 is 14.2 Å². The number of halogens is 5. The van der Waals surface area contributed by atoms with Gasteiger partial charge in [0, 0.05) is 17.2 Å². The average Bonchev–Trinajstić information content (AvgIpc) is 2.97. The van der Waals surface area contributed by atoms with Crippen LogP contribution in [0.1, 0.15) is 104 Å². The van der Waals surface area contributed by atoms with Crippen LogP contribution in [0, 0.1) is 5.41 Å². The first-order valence-electron chi connectivity index (χ1n) is 15.5. The molecule has 256 valence electrons. The van der Waals surface area contributed by atoms with Crippen LogP contribution in [0.3, 0.4) is 0 Å². The SMILES string of the molecule is CCC(C)(C)C(=O)OCCCCCCCCCCCOc1ccc(/C=C(\C=O)C2=CCC(C)(S(F)(F)(F)(F)F)C=C2)c(OC)n1. The second kappa shape index (κ2) is 15.1. The largest absolute Gasteiger partial charge is 0.480 e. The number of aldehydes is 1. The number of aromatic nitrogens is 1. The maximum atomic E-state index is 13.5. The molecule has 12 heteroatoms. The lowest BCUT2D eigenvalue weighted by atomic mass is 9.91. The highest BCUT2D eigenvalue weighted by molar-refractivity contribution is 8.46. The van der Waals surface area contributed by atoms with Crippen LogP contribution in [0.2, 0.25) is 0 Å². The van der Waals surface area contributed by atoms with Gasteiger partial charge >= 0.3 is 5.97 Å². The number of ether oxygens (including phenoxy) is 3. The van der Waals surface area contributed by atoms with Gasteiger partial charge in [-0.1, -0.05) is 89.5 Å². The van der Waals surface area contributed by atoms with Gasteiger partial charge in [0.2, 0.25) is 11.8 Å². The van der Waals surface area contributed by atoms with Crippen molar-refractivity contribution in [3.63, 3.8) is 0 Å². The number of allylic oxidation sites excluding steroid dienone is 4. The number of hydrogen-bond donors (Lipinski definition) is 0. The van der Waals surface area contributed by atoms with E-state index in [0.717, 1.165) is 76.4 Å². The van der Waals surface area contributed by atoms with Crippen molar-refractivity contribution in [3.8, 4) is 11.8 Å². The Labute approximate surface area is 264 Å².